The standard InChI is InChI=1S/C14H23.C11H17.Fe/c1-4-7-12-10-11-13(8-5-2)14(12)9-6-3;1-3-6-10-8-5-9-11(10)7-4-2;/h10-11H,4-9H2,1-3H3;5,8-9H,3-4,6-7H2,1-2H3;/q2*-1;+2. The first-order valence-corrected chi connectivity index (χ1v) is 10.7. The van der Waals surface area contributed by atoms with Crippen LogP contribution in [0.5, 0.6) is 0 Å². The van der Waals surface area contributed by atoms with Gasteiger partial charge in [-0.3, -0.25) is 0 Å². The predicted molar refractivity (Wildman–Crippen MR) is 114 cm³/mol. The quantitative estimate of drug-likeness (QED) is 0.287. The van der Waals surface area contributed by atoms with Crippen LogP contribution in [0.25, 0.3) is 0 Å². The van der Waals surface area contributed by atoms with Crippen molar-refractivity contribution < 1.29 is 17.1 Å². The predicted octanol–water partition coefficient (Wildman–Crippen LogP) is 7.57. The summed E-state index contributed by atoms with van der Waals surface area (Å²) in [5, 5.41) is 0. The van der Waals surface area contributed by atoms with Crippen LogP contribution in [0, 0.1) is 0 Å². The Kier molecular flexibility index (Phi) is 14.8. The third-order valence-electron chi connectivity index (χ3n) is 4.85. The van der Waals surface area contributed by atoms with Crippen LogP contribution in [0.1, 0.15) is 94.5 Å². The van der Waals surface area contributed by atoms with Gasteiger partial charge in [0.2, 0.25) is 0 Å². The van der Waals surface area contributed by atoms with Crippen LogP contribution in [-0.2, 0) is 49.2 Å². The van der Waals surface area contributed by atoms with E-state index in [-0.39, 0.29) is 17.1 Å². The van der Waals surface area contributed by atoms with E-state index >= 15 is 0 Å². The summed E-state index contributed by atoms with van der Waals surface area (Å²) < 4.78 is 0. The van der Waals surface area contributed by atoms with Crippen molar-refractivity contribution >= 4 is 0 Å². The molecule has 0 aliphatic heterocycles. The molecule has 0 bridgehead atoms. The number of hydrogen-bond acceptors (Lipinski definition) is 0. The average molecular weight is 396 g/mol. The van der Waals surface area contributed by atoms with Crippen molar-refractivity contribution in [2.45, 2.75) is 98.8 Å². The van der Waals surface area contributed by atoms with Gasteiger partial charge < -0.3 is 0 Å². The number of aryl methyl sites for hydroxylation is 4. The van der Waals surface area contributed by atoms with Crippen LogP contribution in [0.4, 0.5) is 0 Å². The maximum atomic E-state index is 2.35. The molecule has 0 aromatic heterocycles. The molecule has 0 amide bonds. The van der Waals surface area contributed by atoms with E-state index in [2.05, 4.69) is 65.0 Å². The van der Waals surface area contributed by atoms with Gasteiger partial charge in [-0.1, -0.05) is 98.8 Å². The van der Waals surface area contributed by atoms with Crippen LogP contribution in [-0.4, -0.2) is 0 Å². The molecular weight excluding hydrogens is 356 g/mol. The van der Waals surface area contributed by atoms with E-state index in [9.17, 15) is 0 Å². The second-order valence-electron chi connectivity index (χ2n) is 7.19. The van der Waals surface area contributed by atoms with Crippen LogP contribution in [0.3, 0.4) is 0 Å². The molecule has 26 heavy (non-hydrogen) atoms. The largest absolute Gasteiger partial charge is 2.00 e. The van der Waals surface area contributed by atoms with Gasteiger partial charge in [0, 0.05) is 0 Å². The SMILES string of the molecule is CCCc1cc[c-](CCC)c1CCC.CCCc1cc[cH-]c1CCC.[Fe+2]. The minimum atomic E-state index is 0. The summed E-state index contributed by atoms with van der Waals surface area (Å²) in [6.45, 7) is 11.3. The molecule has 0 aliphatic rings. The van der Waals surface area contributed by atoms with Crippen molar-refractivity contribution in [1.29, 1.82) is 0 Å². The monoisotopic (exact) mass is 396 g/mol. The molecular formula is C25H40Fe. The Morgan fingerprint density at radius 1 is 0.731 bits per heavy atom. The van der Waals surface area contributed by atoms with Crippen molar-refractivity contribution in [3.05, 3.63) is 58.1 Å². The molecule has 0 aliphatic carbocycles. The molecule has 2 aromatic carbocycles. The van der Waals surface area contributed by atoms with E-state index in [1.54, 1.807) is 27.8 Å². The molecule has 2 aromatic rings. The molecule has 1 heteroatoms. The molecule has 2 rings (SSSR count). The summed E-state index contributed by atoms with van der Waals surface area (Å²) in [7, 11) is 0. The summed E-state index contributed by atoms with van der Waals surface area (Å²) in [6, 6.07) is 11.4. The fraction of sp³-hybridized carbons (Fsp3) is 0.600. The van der Waals surface area contributed by atoms with Crippen LogP contribution < -0.4 is 0 Å². The minimum Gasteiger partial charge on any atom is -0.210 e. The van der Waals surface area contributed by atoms with Gasteiger partial charge >= 0.3 is 17.1 Å². The van der Waals surface area contributed by atoms with Gasteiger partial charge in [-0.05, 0) is 0 Å². The fourth-order valence-electron chi connectivity index (χ4n) is 3.71. The second-order valence-corrected chi connectivity index (χ2v) is 7.19. The van der Waals surface area contributed by atoms with E-state index in [1.165, 1.54) is 64.2 Å². The fourth-order valence-corrected chi connectivity index (χ4v) is 3.71. The Balaban J connectivity index is 0.000000475. The zero-order valence-electron chi connectivity index (χ0n) is 17.8. The zero-order valence-corrected chi connectivity index (χ0v) is 18.9. The van der Waals surface area contributed by atoms with Crippen molar-refractivity contribution in [2.24, 2.45) is 0 Å². The Morgan fingerprint density at radius 2 is 1.35 bits per heavy atom. The molecule has 0 saturated carbocycles. The molecule has 0 fully saturated rings. The topological polar surface area (TPSA) is 0 Å². The van der Waals surface area contributed by atoms with Crippen molar-refractivity contribution in [3.8, 4) is 0 Å². The van der Waals surface area contributed by atoms with Crippen LogP contribution >= 0.6 is 0 Å². The summed E-state index contributed by atoms with van der Waals surface area (Å²) in [5.74, 6) is 0. The van der Waals surface area contributed by atoms with Crippen LogP contribution in [0.15, 0.2) is 30.3 Å². The third-order valence-corrected chi connectivity index (χ3v) is 4.85. The van der Waals surface area contributed by atoms with Gasteiger partial charge in [-0.25, -0.2) is 12.1 Å². The van der Waals surface area contributed by atoms with Gasteiger partial charge in [0.05, 0.1) is 0 Å². The van der Waals surface area contributed by atoms with Crippen LogP contribution in [0.2, 0.25) is 0 Å². The van der Waals surface area contributed by atoms with E-state index in [1.807, 2.05) is 0 Å². The molecule has 0 saturated heterocycles. The van der Waals surface area contributed by atoms with E-state index in [0.29, 0.717) is 0 Å². The number of hydrogen-bond donors (Lipinski definition) is 0. The Bertz CT molecular complexity index is 514. The second kappa shape index (κ2) is 15.3. The Morgan fingerprint density at radius 3 is 1.92 bits per heavy atom. The summed E-state index contributed by atoms with van der Waals surface area (Å²) >= 11 is 0. The normalized spacial score (nSPS) is 10.2. The summed E-state index contributed by atoms with van der Waals surface area (Å²) in [6.07, 6.45) is 12.7. The van der Waals surface area contributed by atoms with E-state index in [0.717, 1.165) is 0 Å². The summed E-state index contributed by atoms with van der Waals surface area (Å²) in [5.41, 5.74) is 8.01. The molecule has 0 radical (unpaired) electrons. The van der Waals surface area contributed by atoms with Crippen molar-refractivity contribution in [1.82, 2.24) is 0 Å². The molecule has 0 spiro atoms. The average Bonchev–Trinajstić information content (AvgIpc) is 3.19. The van der Waals surface area contributed by atoms with E-state index in [4.69, 9.17) is 0 Å². The van der Waals surface area contributed by atoms with Gasteiger partial charge in [-0.15, -0.1) is 0 Å². The van der Waals surface area contributed by atoms with Gasteiger partial charge in [0.25, 0.3) is 0 Å². The van der Waals surface area contributed by atoms with E-state index < -0.39 is 0 Å². The molecule has 0 nitrogen and oxygen atoms in total. The first-order valence-electron chi connectivity index (χ1n) is 10.7. The van der Waals surface area contributed by atoms with Gasteiger partial charge in [0.15, 0.2) is 0 Å². The van der Waals surface area contributed by atoms with Crippen molar-refractivity contribution in [3.63, 3.8) is 0 Å². The molecule has 0 heterocycles. The smallest absolute Gasteiger partial charge is 0.210 e. The minimum absolute atomic E-state index is 0. The first kappa shape index (κ1) is 25.2. The Hall–Kier alpha value is -0.781. The maximum Gasteiger partial charge on any atom is 2.00 e. The molecule has 148 valence electrons. The first-order chi connectivity index (χ1) is 12.2. The molecule has 0 atom stereocenters. The van der Waals surface area contributed by atoms with Gasteiger partial charge in [0.1, 0.15) is 0 Å². The summed E-state index contributed by atoms with van der Waals surface area (Å²) in [4.78, 5) is 0. The van der Waals surface area contributed by atoms with Gasteiger partial charge in [-0.2, -0.15) is 46.0 Å². The third kappa shape index (κ3) is 8.28. The van der Waals surface area contributed by atoms with Crippen molar-refractivity contribution in [2.75, 3.05) is 0 Å². The zero-order chi connectivity index (χ0) is 18.5. The molecule has 0 N–H and O–H groups in total. The maximum absolute atomic E-state index is 2.35. The Labute approximate surface area is 174 Å². The number of rotatable bonds is 10. The molecule has 0 unspecified atom stereocenters.